The van der Waals surface area contributed by atoms with Crippen LogP contribution in [0, 0.1) is 12.7 Å². The van der Waals surface area contributed by atoms with Crippen molar-refractivity contribution in [1.82, 2.24) is 10.3 Å². The van der Waals surface area contributed by atoms with Gasteiger partial charge in [-0.05, 0) is 38.0 Å². The molecule has 0 saturated heterocycles. The zero-order valence-electron chi connectivity index (χ0n) is 11.5. The van der Waals surface area contributed by atoms with Crippen LogP contribution in [-0.2, 0) is 0 Å². The van der Waals surface area contributed by atoms with E-state index in [0.29, 0.717) is 0 Å². The molecule has 1 N–H and O–H groups in total. The zero-order chi connectivity index (χ0) is 13.8. The fourth-order valence-corrected chi connectivity index (χ4v) is 2.90. The molecular weight excluding hydrogens is 259 g/mol. The third kappa shape index (κ3) is 3.61. The predicted molar refractivity (Wildman–Crippen MR) is 77.8 cm³/mol. The molecule has 1 aromatic heterocycles. The van der Waals surface area contributed by atoms with E-state index in [2.05, 4.69) is 29.5 Å². The fourth-order valence-electron chi connectivity index (χ4n) is 2.09. The van der Waals surface area contributed by atoms with Crippen LogP contribution in [0.2, 0.25) is 0 Å². The molecule has 0 amide bonds. The van der Waals surface area contributed by atoms with Crippen LogP contribution >= 0.6 is 11.3 Å². The highest BCUT2D eigenvalue weighted by atomic mass is 32.1. The van der Waals surface area contributed by atoms with Gasteiger partial charge in [0.15, 0.2) is 0 Å². The van der Waals surface area contributed by atoms with Gasteiger partial charge in [0.2, 0.25) is 0 Å². The molecule has 0 aliphatic heterocycles. The normalized spacial score (nSPS) is 14.3. The summed E-state index contributed by atoms with van der Waals surface area (Å²) in [6.07, 6.45) is 0.959. The van der Waals surface area contributed by atoms with Gasteiger partial charge in [0.1, 0.15) is 10.8 Å². The van der Waals surface area contributed by atoms with Gasteiger partial charge in [0, 0.05) is 17.1 Å². The maximum atomic E-state index is 13.0. The lowest BCUT2D eigenvalue weighted by molar-refractivity contribution is 0.454. The van der Waals surface area contributed by atoms with E-state index in [9.17, 15) is 4.39 Å². The van der Waals surface area contributed by atoms with E-state index >= 15 is 0 Å². The Morgan fingerprint density at radius 1 is 1.32 bits per heavy atom. The average Bonchev–Trinajstić information content (AvgIpc) is 2.84. The molecule has 0 fully saturated rings. The second-order valence-corrected chi connectivity index (χ2v) is 5.62. The zero-order valence-corrected chi connectivity index (χ0v) is 12.3. The number of aromatic nitrogens is 1. The van der Waals surface area contributed by atoms with Crippen molar-refractivity contribution in [2.75, 3.05) is 0 Å². The molecule has 2 rings (SSSR count). The third-order valence-electron chi connectivity index (χ3n) is 3.14. The summed E-state index contributed by atoms with van der Waals surface area (Å²) < 4.78 is 13.0. The molecule has 0 bridgehead atoms. The number of benzene rings is 1. The molecule has 1 heterocycles. The summed E-state index contributed by atoms with van der Waals surface area (Å²) in [5.41, 5.74) is 2.17. The predicted octanol–water partition coefficient (Wildman–Crippen LogP) is 4.39. The first-order valence-electron chi connectivity index (χ1n) is 6.53. The Labute approximate surface area is 117 Å². The highest BCUT2D eigenvalue weighted by Gasteiger charge is 2.15. The summed E-state index contributed by atoms with van der Waals surface area (Å²) in [7, 11) is 0. The van der Waals surface area contributed by atoms with Gasteiger partial charge in [-0.1, -0.05) is 19.1 Å². The van der Waals surface area contributed by atoms with E-state index < -0.39 is 0 Å². The Morgan fingerprint density at radius 3 is 2.53 bits per heavy atom. The standard InChI is InChI=1S/C15H19FN2S/c1-4-14(12-5-7-13(16)8-6-12)18-11(3)15-17-10(2)9-19-15/h5-9,11,14,18H,4H2,1-3H3. The smallest absolute Gasteiger partial charge is 0.123 e. The maximum Gasteiger partial charge on any atom is 0.123 e. The quantitative estimate of drug-likeness (QED) is 0.877. The molecule has 4 heteroatoms. The lowest BCUT2D eigenvalue weighted by Gasteiger charge is -2.21. The molecule has 2 atom stereocenters. The van der Waals surface area contributed by atoms with Crippen LogP contribution in [0.4, 0.5) is 4.39 Å². The number of hydrogen-bond donors (Lipinski definition) is 1. The summed E-state index contributed by atoms with van der Waals surface area (Å²) in [5.74, 6) is -0.192. The maximum absolute atomic E-state index is 13.0. The van der Waals surface area contributed by atoms with E-state index in [1.54, 1.807) is 11.3 Å². The molecule has 0 spiro atoms. The van der Waals surface area contributed by atoms with Crippen LogP contribution in [0.15, 0.2) is 29.6 Å². The van der Waals surface area contributed by atoms with Gasteiger partial charge in [-0.15, -0.1) is 11.3 Å². The van der Waals surface area contributed by atoms with Crippen LogP contribution in [-0.4, -0.2) is 4.98 Å². The van der Waals surface area contributed by atoms with E-state index in [1.807, 2.05) is 19.1 Å². The van der Waals surface area contributed by atoms with Crippen molar-refractivity contribution in [1.29, 1.82) is 0 Å². The van der Waals surface area contributed by atoms with Crippen LogP contribution < -0.4 is 5.32 Å². The Morgan fingerprint density at radius 2 is 2.00 bits per heavy atom. The number of rotatable bonds is 5. The fraction of sp³-hybridized carbons (Fsp3) is 0.400. The third-order valence-corrected chi connectivity index (χ3v) is 4.28. The van der Waals surface area contributed by atoms with E-state index in [1.165, 1.54) is 12.1 Å². The number of hydrogen-bond acceptors (Lipinski definition) is 3. The second-order valence-electron chi connectivity index (χ2n) is 4.73. The largest absolute Gasteiger partial charge is 0.301 e. The van der Waals surface area contributed by atoms with Crippen molar-refractivity contribution in [2.45, 2.75) is 39.3 Å². The molecule has 0 aliphatic carbocycles. The first kappa shape index (κ1) is 14.2. The first-order valence-corrected chi connectivity index (χ1v) is 7.41. The van der Waals surface area contributed by atoms with Crippen molar-refractivity contribution in [2.24, 2.45) is 0 Å². The van der Waals surface area contributed by atoms with Gasteiger partial charge in [-0.2, -0.15) is 0 Å². The Balaban J connectivity index is 2.08. The van der Waals surface area contributed by atoms with Gasteiger partial charge >= 0.3 is 0 Å². The lowest BCUT2D eigenvalue weighted by Crippen LogP contribution is -2.24. The molecule has 2 unspecified atom stereocenters. The van der Waals surface area contributed by atoms with Gasteiger partial charge in [-0.3, -0.25) is 0 Å². The number of aryl methyl sites for hydroxylation is 1. The van der Waals surface area contributed by atoms with Crippen LogP contribution in [0.1, 0.15) is 48.6 Å². The SMILES string of the molecule is CCC(NC(C)c1nc(C)cs1)c1ccc(F)cc1. The average molecular weight is 278 g/mol. The number of halogens is 1. The Bertz CT molecular complexity index is 521. The molecule has 102 valence electrons. The summed E-state index contributed by atoms with van der Waals surface area (Å²) in [5, 5.41) is 6.71. The topological polar surface area (TPSA) is 24.9 Å². The number of nitrogens with zero attached hydrogens (tertiary/aromatic N) is 1. The molecule has 2 aromatic rings. The van der Waals surface area contributed by atoms with Crippen LogP contribution in [0.5, 0.6) is 0 Å². The van der Waals surface area contributed by atoms with Gasteiger partial charge < -0.3 is 5.32 Å². The van der Waals surface area contributed by atoms with E-state index in [0.717, 1.165) is 22.7 Å². The minimum absolute atomic E-state index is 0.192. The number of nitrogens with one attached hydrogen (secondary N) is 1. The molecule has 19 heavy (non-hydrogen) atoms. The van der Waals surface area contributed by atoms with Crippen molar-refractivity contribution < 1.29 is 4.39 Å². The minimum Gasteiger partial charge on any atom is -0.301 e. The summed E-state index contributed by atoms with van der Waals surface area (Å²) in [4.78, 5) is 4.50. The van der Waals surface area contributed by atoms with E-state index in [4.69, 9.17) is 0 Å². The van der Waals surface area contributed by atoms with Gasteiger partial charge in [0.05, 0.1) is 6.04 Å². The molecular formula is C15H19FN2S. The molecule has 0 saturated carbocycles. The van der Waals surface area contributed by atoms with Crippen LogP contribution in [0.3, 0.4) is 0 Å². The van der Waals surface area contributed by atoms with Gasteiger partial charge in [0.25, 0.3) is 0 Å². The summed E-state index contributed by atoms with van der Waals surface area (Å²) in [6, 6.07) is 7.14. The van der Waals surface area contributed by atoms with Crippen molar-refractivity contribution in [3.63, 3.8) is 0 Å². The number of thiazole rings is 1. The van der Waals surface area contributed by atoms with Crippen molar-refractivity contribution >= 4 is 11.3 Å². The first-order chi connectivity index (χ1) is 9.10. The van der Waals surface area contributed by atoms with Crippen molar-refractivity contribution in [3.05, 3.63) is 51.7 Å². The highest BCUT2D eigenvalue weighted by molar-refractivity contribution is 7.09. The molecule has 0 radical (unpaired) electrons. The Hall–Kier alpha value is -1.26. The lowest BCUT2D eigenvalue weighted by atomic mass is 10.0. The Kier molecular flexibility index (Phi) is 4.66. The molecule has 1 aromatic carbocycles. The second kappa shape index (κ2) is 6.26. The van der Waals surface area contributed by atoms with Crippen LogP contribution in [0.25, 0.3) is 0 Å². The van der Waals surface area contributed by atoms with E-state index in [-0.39, 0.29) is 17.9 Å². The molecule has 0 aliphatic rings. The molecule has 2 nitrogen and oxygen atoms in total. The van der Waals surface area contributed by atoms with Gasteiger partial charge in [-0.25, -0.2) is 9.37 Å². The monoisotopic (exact) mass is 278 g/mol. The summed E-state index contributed by atoms with van der Waals surface area (Å²) in [6.45, 7) is 6.25. The van der Waals surface area contributed by atoms with Crippen molar-refractivity contribution in [3.8, 4) is 0 Å². The minimum atomic E-state index is -0.192. The highest BCUT2D eigenvalue weighted by Crippen LogP contribution is 2.24. The summed E-state index contributed by atoms with van der Waals surface area (Å²) >= 11 is 1.67.